The van der Waals surface area contributed by atoms with E-state index in [0.717, 1.165) is 6.04 Å². The molecule has 0 aromatic heterocycles. The summed E-state index contributed by atoms with van der Waals surface area (Å²) in [5.74, 6) is 0. The third kappa shape index (κ3) is 2.85. The predicted octanol–water partition coefficient (Wildman–Crippen LogP) is 2.17. The van der Waals surface area contributed by atoms with E-state index in [-0.39, 0.29) is 7.43 Å². The lowest BCUT2D eigenvalue weighted by Gasteiger charge is -2.20. The van der Waals surface area contributed by atoms with Crippen molar-refractivity contribution in [3.05, 3.63) is 0 Å². The Labute approximate surface area is 58.8 Å². The van der Waals surface area contributed by atoms with Crippen molar-refractivity contribution in [1.29, 1.82) is 0 Å². The molecule has 0 saturated heterocycles. The van der Waals surface area contributed by atoms with E-state index in [4.69, 9.17) is 0 Å². The monoisotopic (exact) mass is 129 g/mol. The molecule has 0 radical (unpaired) electrons. The number of hydrogen-bond acceptors (Lipinski definition) is 1. The Morgan fingerprint density at radius 1 is 1.11 bits per heavy atom. The molecule has 1 fully saturated rings. The molecule has 1 saturated carbocycles. The molecule has 0 bridgehead atoms. The standard InChI is InChI=1S/C7H15N.CH4/c1-8-7-5-3-2-4-6-7;/h7-8H,2-6H2,1H3;1H4. The van der Waals surface area contributed by atoms with Crippen LogP contribution in [0.15, 0.2) is 0 Å². The number of nitrogens with one attached hydrogen (secondary N) is 1. The van der Waals surface area contributed by atoms with Crippen LogP contribution < -0.4 is 5.32 Å². The molecule has 0 heterocycles. The fourth-order valence-electron chi connectivity index (χ4n) is 1.39. The summed E-state index contributed by atoms with van der Waals surface area (Å²) in [6, 6.07) is 0.837. The lowest BCUT2D eigenvalue weighted by atomic mass is 9.96. The van der Waals surface area contributed by atoms with Crippen molar-refractivity contribution in [3.8, 4) is 0 Å². The Kier molecular flexibility index (Phi) is 4.78. The first kappa shape index (κ1) is 8.96. The van der Waals surface area contributed by atoms with Gasteiger partial charge in [-0.05, 0) is 19.9 Å². The van der Waals surface area contributed by atoms with E-state index in [1.165, 1.54) is 32.1 Å². The highest BCUT2D eigenvalue weighted by Crippen LogP contribution is 2.16. The maximum absolute atomic E-state index is 3.30. The van der Waals surface area contributed by atoms with Crippen molar-refractivity contribution in [2.45, 2.75) is 45.6 Å². The van der Waals surface area contributed by atoms with Gasteiger partial charge in [-0.1, -0.05) is 26.7 Å². The maximum Gasteiger partial charge on any atom is 0.00640 e. The van der Waals surface area contributed by atoms with E-state index in [1.807, 2.05) is 0 Å². The quantitative estimate of drug-likeness (QED) is 0.572. The Hall–Kier alpha value is -0.0400. The third-order valence-electron chi connectivity index (χ3n) is 2.01. The summed E-state index contributed by atoms with van der Waals surface area (Å²) in [5, 5.41) is 3.30. The van der Waals surface area contributed by atoms with Crippen LogP contribution in [0.3, 0.4) is 0 Å². The first-order chi connectivity index (χ1) is 3.93. The molecule has 1 aliphatic rings. The van der Waals surface area contributed by atoms with Gasteiger partial charge in [0.15, 0.2) is 0 Å². The zero-order valence-electron chi connectivity index (χ0n) is 5.61. The molecule has 0 aromatic carbocycles. The molecule has 1 heteroatoms. The first-order valence-electron chi connectivity index (χ1n) is 3.61. The largest absolute Gasteiger partial charge is 0.317 e. The van der Waals surface area contributed by atoms with Crippen LogP contribution in [0, 0.1) is 0 Å². The summed E-state index contributed by atoms with van der Waals surface area (Å²) in [6.07, 6.45) is 7.13. The van der Waals surface area contributed by atoms with Gasteiger partial charge in [0, 0.05) is 6.04 Å². The molecule has 0 aromatic rings. The molecule has 56 valence electrons. The van der Waals surface area contributed by atoms with E-state index in [1.54, 1.807) is 0 Å². The topological polar surface area (TPSA) is 12.0 Å². The molecule has 0 amide bonds. The second-order valence-electron chi connectivity index (χ2n) is 2.62. The predicted molar refractivity (Wildman–Crippen MR) is 42.7 cm³/mol. The molecule has 0 unspecified atom stereocenters. The molecule has 1 aliphatic carbocycles. The van der Waals surface area contributed by atoms with Crippen molar-refractivity contribution >= 4 is 0 Å². The Balaban J connectivity index is 0.000000640. The van der Waals surface area contributed by atoms with Crippen LogP contribution in [-0.2, 0) is 0 Å². The smallest absolute Gasteiger partial charge is 0.00640 e. The molecule has 0 atom stereocenters. The molecular formula is C8H19N. The maximum atomic E-state index is 3.30. The summed E-state index contributed by atoms with van der Waals surface area (Å²) in [4.78, 5) is 0. The van der Waals surface area contributed by atoms with Crippen molar-refractivity contribution in [3.63, 3.8) is 0 Å². The summed E-state index contributed by atoms with van der Waals surface area (Å²) < 4.78 is 0. The summed E-state index contributed by atoms with van der Waals surface area (Å²) in [6.45, 7) is 0. The van der Waals surface area contributed by atoms with Crippen molar-refractivity contribution in [1.82, 2.24) is 5.32 Å². The minimum Gasteiger partial charge on any atom is -0.317 e. The van der Waals surface area contributed by atoms with Gasteiger partial charge in [-0.3, -0.25) is 0 Å². The Morgan fingerprint density at radius 3 is 2.00 bits per heavy atom. The van der Waals surface area contributed by atoms with Crippen LogP contribution in [-0.4, -0.2) is 13.1 Å². The van der Waals surface area contributed by atoms with Gasteiger partial charge in [-0.15, -0.1) is 0 Å². The fourth-order valence-corrected chi connectivity index (χ4v) is 1.39. The second kappa shape index (κ2) is 4.80. The summed E-state index contributed by atoms with van der Waals surface area (Å²) in [7, 11) is 2.07. The van der Waals surface area contributed by atoms with E-state index >= 15 is 0 Å². The van der Waals surface area contributed by atoms with Gasteiger partial charge in [0.1, 0.15) is 0 Å². The molecule has 0 aliphatic heterocycles. The SMILES string of the molecule is C.CNC1CCCCC1. The van der Waals surface area contributed by atoms with Gasteiger partial charge in [-0.25, -0.2) is 0 Å². The highest BCUT2D eigenvalue weighted by molar-refractivity contribution is 4.68. The lowest BCUT2D eigenvalue weighted by Crippen LogP contribution is -2.26. The van der Waals surface area contributed by atoms with Gasteiger partial charge >= 0.3 is 0 Å². The number of hydrogen-bond donors (Lipinski definition) is 1. The molecule has 9 heavy (non-hydrogen) atoms. The second-order valence-corrected chi connectivity index (χ2v) is 2.62. The average molecular weight is 129 g/mol. The molecular weight excluding hydrogens is 110 g/mol. The fraction of sp³-hybridized carbons (Fsp3) is 1.00. The molecule has 1 N–H and O–H groups in total. The normalized spacial score (nSPS) is 21.0. The average Bonchev–Trinajstić information content (AvgIpc) is 1.90. The van der Waals surface area contributed by atoms with Crippen LogP contribution >= 0.6 is 0 Å². The molecule has 0 spiro atoms. The summed E-state index contributed by atoms with van der Waals surface area (Å²) in [5.41, 5.74) is 0. The van der Waals surface area contributed by atoms with Crippen LogP contribution in [0.25, 0.3) is 0 Å². The lowest BCUT2D eigenvalue weighted by molar-refractivity contribution is 0.394. The van der Waals surface area contributed by atoms with Gasteiger partial charge in [0.25, 0.3) is 0 Å². The minimum atomic E-state index is 0. The molecule has 1 nitrogen and oxygen atoms in total. The third-order valence-corrected chi connectivity index (χ3v) is 2.01. The van der Waals surface area contributed by atoms with Crippen LogP contribution in [0.4, 0.5) is 0 Å². The van der Waals surface area contributed by atoms with Crippen LogP contribution in [0.2, 0.25) is 0 Å². The van der Waals surface area contributed by atoms with Gasteiger partial charge < -0.3 is 5.32 Å². The Bertz CT molecular complexity index is 55.6. The minimum absolute atomic E-state index is 0. The van der Waals surface area contributed by atoms with Gasteiger partial charge in [-0.2, -0.15) is 0 Å². The van der Waals surface area contributed by atoms with E-state index in [0.29, 0.717) is 0 Å². The van der Waals surface area contributed by atoms with E-state index < -0.39 is 0 Å². The van der Waals surface area contributed by atoms with Crippen molar-refractivity contribution in [2.75, 3.05) is 7.05 Å². The van der Waals surface area contributed by atoms with Crippen LogP contribution in [0.5, 0.6) is 0 Å². The van der Waals surface area contributed by atoms with Crippen molar-refractivity contribution in [2.24, 2.45) is 0 Å². The molecule has 1 rings (SSSR count). The first-order valence-corrected chi connectivity index (χ1v) is 3.61. The number of rotatable bonds is 1. The zero-order chi connectivity index (χ0) is 5.82. The summed E-state index contributed by atoms with van der Waals surface area (Å²) >= 11 is 0. The van der Waals surface area contributed by atoms with E-state index in [2.05, 4.69) is 12.4 Å². The highest BCUT2D eigenvalue weighted by Gasteiger charge is 2.09. The van der Waals surface area contributed by atoms with E-state index in [9.17, 15) is 0 Å². The van der Waals surface area contributed by atoms with Crippen molar-refractivity contribution < 1.29 is 0 Å². The zero-order valence-corrected chi connectivity index (χ0v) is 5.61. The van der Waals surface area contributed by atoms with Gasteiger partial charge in [0.2, 0.25) is 0 Å². The van der Waals surface area contributed by atoms with Crippen LogP contribution in [0.1, 0.15) is 39.5 Å². The highest BCUT2D eigenvalue weighted by atomic mass is 14.9. The van der Waals surface area contributed by atoms with Gasteiger partial charge in [0.05, 0.1) is 0 Å². The Morgan fingerprint density at radius 2 is 1.67 bits per heavy atom.